The van der Waals surface area contributed by atoms with Crippen LogP contribution in [-0.2, 0) is 6.42 Å². The molecule has 0 atom stereocenters. The maximum absolute atomic E-state index is 9.10. The van der Waals surface area contributed by atoms with Gasteiger partial charge in [-0.2, -0.15) is 5.26 Å². The number of methoxy groups -OCH3 is 1. The first-order valence-corrected chi connectivity index (χ1v) is 6.68. The van der Waals surface area contributed by atoms with Crippen LogP contribution < -0.4 is 10.1 Å². The van der Waals surface area contributed by atoms with Gasteiger partial charge in [-0.25, -0.2) is 0 Å². The van der Waals surface area contributed by atoms with E-state index < -0.39 is 0 Å². The Labute approximate surface area is 123 Å². The lowest BCUT2D eigenvalue weighted by atomic mass is 10.1. The van der Waals surface area contributed by atoms with Gasteiger partial charge in [0, 0.05) is 6.54 Å². The fourth-order valence-electron chi connectivity index (χ4n) is 2.03. The predicted octanol–water partition coefficient (Wildman–Crippen LogP) is 3.87. The Hall–Kier alpha value is -2.18. The molecule has 0 aliphatic carbocycles. The summed E-state index contributed by atoms with van der Waals surface area (Å²) >= 11 is 5.99. The number of rotatable bonds is 5. The molecular weight excluding hydrogens is 272 g/mol. The quantitative estimate of drug-likeness (QED) is 0.907. The van der Waals surface area contributed by atoms with Crippen molar-refractivity contribution >= 4 is 17.3 Å². The number of nitrogens with one attached hydrogen (secondary N) is 1. The maximum atomic E-state index is 9.10. The summed E-state index contributed by atoms with van der Waals surface area (Å²) in [5.41, 5.74) is 2.37. The second-order valence-corrected chi connectivity index (χ2v) is 4.67. The average Bonchev–Trinajstić information content (AvgIpc) is 2.48. The van der Waals surface area contributed by atoms with E-state index in [2.05, 4.69) is 11.4 Å². The van der Waals surface area contributed by atoms with Crippen LogP contribution in [0.5, 0.6) is 5.75 Å². The van der Waals surface area contributed by atoms with Crippen molar-refractivity contribution in [3.63, 3.8) is 0 Å². The molecule has 0 saturated carbocycles. The van der Waals surface area contributed by atoms with Gasteiger partial charge in [-0.05, 0) is 30.2 Å². The van der Waals surface area contributed by atoms with Crippen molar-refractivity contribution in [2.45, 2.75) is 6.42 Å². The molecule has 2 aromatic carbocycles. The highest BCUT2D eigenvalue weighted by Gasteiger charge is 2.06. The SMILES string of the molecule is COc1ccccc1CCNc1cccc(Cl)c1C#N. The first-order chi connectivity index (χ1) is 9.76. The third-order valence-electron chi connectivity index (χ3n) is 3.03. The van der Waals surface area contributed by atoms with Crippen molar-refractivity contribution in [1.82, 2.24) is 0 Å². The van der Waals surface area contributed by atoms with Crippen molar-refractivity contribution in [3.05, 3.63) is 58.6 Å². The second kappa shape index (κ2) is 6.83. The van der Waals surface area contributed by atoms with Gasteiger partial charge in [0.2, 0.25) is 0 Å². The molecule has 0 amide bonds. The molecular formula is C16H15ClN2O. The summed E-state index contributed by atoms with van der Waals surface area (Å²) in [4.78, 5) is 0. The highest BCUT2D eigenvalue weighted by Crippen LogP contribution is 2.23. The fraction of sp³-hybridized carbons (Fsp3) is 0.188. The van der Waals surface area contributed by atoms with Gasteiger partial charge in [0.05, 0.1) is 23.4 Å². The number of nitriles is 1. The summed E-state index contributed by atoms with van der Waals surface area (Å²) in [6.07, 6.45) is 0.807. The molecule has 102 valence electrons. The minimum absolute atomic E-state index is 0.467. The van der Waals surface area contributed by atoms with Crippen LogP contribution in [0.4, 0.5) is 5.69 Å². The van der Waals surface area contributed by atoms with Gasteiger partial charge in [0.25, 0.3) is 0 Å². The lowest BCUT2D eigenvalue weighted by Gasteiger charge is -2.11. The Morgan fingerprint density at radius 3 is 2.75 bits per heavy atom. The summed E-state index contributed by atoms with van der Waals surface area (Å²) in [7, 11) is 1.66. The summed E-state index contributed by atoms with van der Waals surface area (Å²) in [6, 6.07) is 15.4. The first-order valence-electron chi connectivity index (χ1n) is 6.30. The molecule has 20 heavy (non-hydrogen) atoms. The highest BCUT2D eigenvalue weighted by atomic mass is 35.5. The molecule has 3 nitrogen and oxygen atoms in total. The third-order valence-corrected chi connectivity index (χ3v) is 3.34. The van der Waals surface area contributed by atoms with Crippen molar-refractivity contribution in [1.29, 1.82) is 5.26 Å². The molecule has 0 heterocycles. The molecule has 0 fully saturated rings. The van der Waals surface area contributed by atoms with E-state index in [1.54, 1.807) is 13.2 Å². The number of halogens is 1. The maximum Gasteiger partial charge on any atom is 0.122 e. The lowest BCUT2D eigenvalue weighted by molar-refractivity contribution is 0.410. The van der Waals surface area contributed by atoms with E-state index in [1.165, 1.54) is 0 Å². The van der Waals surface area contributed by atoms with Gasteiger partial charge in [0.1, 0.15) is 11.8 Å². The van der Waals surface area contributed by atoms with Crippen LogP contribution in [-0.4, -0.2) is 13.7 Å². The van der Waals surface area contributed by atoms with Crippen molar-refractivity contribution < 1.29 is 4.74 Å². The summed E-state index contributed by atoms with van der Waals surface area (Å²) in [6.45, 7) is 0.704. The van der Waals surface area contributed by atoms with E-state index in [9.17, 15) is 0 Å². The van der Waals surface area contributed by atoms with E-state index in [0.717, 1.165) is 23.4 Å². The zero-order valence-corrected chi connectivity index (χ0v) is 11.9. The number of hydrogen-bond acceptors (Lipinski definition) is 3. The van der Waals surface area contributed by atoms with Crippen LogP contribution >= 0.6 is 11.6 Å². The molecule has 0 unspecified atom stereocenters. The van der Waals surface area contributed by atoms with E-state index in [-0.39, 0.29) is 0 Å². The number of para-hydroxylation sites is 1. The molecule has 2 aromatic rings. The van der Waals surface area contributed by atoms with Crippen molar-refractivity contribution in [3.8, 4) is 11.8 Å². The Morgan fingerprint density at radius 1 is 1.20 bits per heavy atom. The minimum atomic E-state index is 0.467. The Bertz CT molecular complexity index is 635. The number of benzene rings is 2. The summed E-state index contributed by atoms with van der Waals surface area (Å²) in [5.74, 6) is 0.876. The molecule has 0 saturated heterocycles. The molecule has 0 aliphatic heterocycles. The van der Waals surface area contributed by atoms with Gasteiger partial charge in [-0.1, -0.05) is 35.9 Å². The third kappa shape index (κ3) is 3.23. The van der Waals surface area contributed by atoms with E-state index >= 15 is 0 Å². The number of hydrogen-bond donors (Lipinski definition) is 1. The van der Waals surface area contributed by atoms with Crippen LogP contribution in [0.1, 0.15) is 11.1 Å². The predicted molar refractivity (Wildman–Crippen MR) is 81.4 cm³/mol. The van der Waals surface area contributed by atoms with Gasteiger partial charge in [-0.15, -0.1) is 0 Å². The second-order valence-electron chi connectivity index (χ2n) is 4.26. The molecule has 0 radical (unpaired) electrons. The van der Waals surface area contributed by atoms with Crippen LogP contribution in [0, 0.1) is 11.3 Å². The minimum Gasteiger partial charge on any atom is -0.496 e. The largest absolute Gasteiger partial charge is 0.496 e. The summed E-state index contributed by atoms with van der Waals surface area (Å²) in [5, 5.41) is 12.8. The van der Waals surface area contributed by atoms with Crippen LogP contribution in [0.25, 0.3) is 0 Å². The zero-order chi connectivity index (χ0) is 14.4. The van der Waals surface area contributed by atoms with E-state index in [4.69, 9.17) is 21.6 Å². The van der Waals surface area contributed by atoms with Crippen LogP contribution in [0.2, 0.25) is 5.02 Å². The summed E-state index contributed by atoms with van der Waals surface area (Å²) < 4.78 is 5.31. The lowest BCUT2D eigenvalue weighted by Crippen LogP contribution is -2.07. The number of anilines is 1. The topological polar surface area (TPSA) is 45.0 Å². The Kier molecular flexibility index (Phi) is 4.86. The highest BCUT2D eigenvalue weighted by molar-refractivity contribution is 6.32. The fourth-order valence-corrected chi connectivity index (χ4v) is 2.24. The van der Waals surface area contributed by atoms with Gasteiger partial charge < -0.3 is 10.1 Å². The molecule has 0 bridgehead atoms. The zero-order valence-electron chi connectivity index (χ0n) is 11.2. The monoisotopic (exact) mass is 286 g/mol. The molecule has 0 aliphatic rings. The normalized spacial score (nSPS) is 9.85. The number of nitrogens with zero attached hydrogens (tertiary/aromatic N) is 1. The van der Waals surface area contributed by atoms with Crippen LogP contribution in [0.15, 0.2) is 42.5 Å². The Morgan fingerprint density at radius 2 is 2.00 bits per heavy atom. The average molecular weight is 287 g/mol. The molecule has 1 N–H and O–H groups in total. The van der Waals surface area contributed by atoms with Gasteiger partial charge in [0.15, 0.2) is 0 Å². The Balaban J connectivity index is 2.04. The smallest absolute Gasteiger partial charge is 0.122 e. The standard InChI is InChI=1S/C16H15ClN2O/c1-20-16-8-3-2-5-12(16)9-10-19-15-7-4-6-14(17)13(15)11-18/h2-8,19H,9-10H2,1H3. The van der Waals surface area contributed by atoms with Crippen molar-refractivity contribution in [2.75, 3.05) is 19.0 Å². The van der Waals surface area contributed by atoms with Crippen LogP contribution in [0.3, 0.4) is 0 Å². The molecule has 0 aromatic heterocycles. The van der Waals surface area contributed by atoms with E-state index in [1.807, 2.05) is 36.4 Å². The van der Waals surface area contributed by atoms with Gasteiger partial charge in [-0.3, -0.25) is 0 Å². The first kappa shape index (κ1) is 14.2. The molecule has 0 spiro atoms. The van der Waals surface area contributed by atoms with Gasteiger partial charge >= 0.3 is 0 Å². The van der Waals surface area contributed by atoms with Crippen molar-refractivity contribution in [2.24, 2.45) is 0 Å². The molecule has 2 rings (SSSR count). The van der Waals surface area contributed by atoms with E-state index in [0.29, 0.717) is 17.1 Å². The number of ether oxygens (including phenoxy) is 1. The molecule has 4 heteroatoms.